The SMILES string of the molecule is CC1=CCCC2=C1c1ccccc1C2=O. The van der Waals surface area contributed by atoms with Crippen LogP contribution in [0.15, 0.2) is 41.5 Å². The summed E-state index contributed by atoms with van der Waals surface area (Å²) in [5.41, 5.74) is 5.50. The molecule has 0 N–H and O–H groups in total. The molecule has 0 aromatic heterocycles. The quantitative estimate of drug-likeness (QED) is 0.621. The lowest BCUT2D eigenvalue weighted by Crippen LogP contribution is -2.00. The Kier molecular flexibility index (Phi) is 1.69. The van der Waals surface area contributed by atoms with Crippen molar-refractivity contribution in [2.45, 2.75) is 19.8 Å². The zero-order valence-electron chi connectivity index (χ0n) is 8.71. The van der Waals surface area contributed by atoms with Crippen LogP contribution in [-0.2, 0) is 0 Å². The largest absolute Gasteiger partial charge is 0.289 e. The minimum atomic E-state index is 0.244. The van der Waals surface area contributed by atoms with Gasteiger partial charge in [0.2, 0.25) is 0 Å². The standard InChI is InChI=1S/C14H12O/c1-9-5-4-8-12-13(9)10-6-2-3-7-11(10)14(12)15/h2-3,5-7H,4,8H2,1H3. The van der Waals surface area contributed by atoms with Gasteiger partial charge in [-0.15, -0.1) is 0 Å². The molecule has 1 aromatic carbocycles. The van der Waals surface area contributed by atoms with Gasteiger partial charge in [-0.25, -0.2) is 0 Å². The van der Waals surface area contributed by atoms with E-state index in [0.717, 1.165) is 29.5 Å². The van der Waals surface area contributed by atoms with Crippen LogP contribution in [0.5, 0.6) is 0 Å². The van der Waals surface area contributed by atoms with Crippen LogP contribution in [-0.4, -0.2) is 5.78 Å². The van der Waals surface area contributed by atoms with E-state index in [1.807, 2.05) is 18.2 Å². The first-order valence-electron chi connectivity index (χ1n) is 5.33. The molecule has 74 valence electrons. The number of ketones is 1. The Hall–Kier alpha value is -1.63. The van der Waals surface area contributed by atoms with E-state index in [0.29, 0.717) is 0 Å². The Labute approximate surface area is 89.1 Å². The summed E-state index contributed by atoms with van der Waals surface area (Å²) in [5, 5.41) is 0. The van der Waals surface area contributed by atoms with Crippen molar-refractivity contribution in [3.63, 3.8) is 0 Å². The highest BCUT2D eigenvalue weighted by atomic mass is 16.1. The predicted octanol–water partition coefficient (Wildman–Crippen LogP) is 3.38. The van der Waals surface area contributed by atoms with Gasteiger partial charge in [0.15, 0.2) is 5.78 Å². The third-order valence-electron chi connectivity index (χ3n) is 3.26. The zero-order chi connectivity index (χ0) is 10.4. The van der Waals surface area contributed by atoms with Gasteiger partial charge in [0.1, 0.15) is 0 Å². The molecule has 0 unspecified atom stereocenters. The van der Waals surface area contributed by atoms with Crippen molar-refractivity contribution in [3.05, 3.63) is 52.6 Å². The van der Waals surface area contributed by atoms with E-state index in [2.05, 4.69) is 19.1 Å². The fourth-order valence-corrected chi connectivity index (χ4v) is 2.56. The van der Waals surface area contributed by atoms with Crippen molar-refractivity contribution < 1.29 is 4.79 Å². The third-order valence-corrected chi connectivity index (χ3v) is 3.26. The number of carbonyl (C=O) groups is 1. The second-order valence-electron chi connectivity index (χ2n) is 4.15. The highest BCUT2D eigenvalue weighted by Gasteiger charge is 2.30. The molecule has 2 aliphatic rings. The molecule has 0 amide bonds. The van der Waals surface area contributed by atoms with E-state index >= 15 is 0 Å². The number of hydrogen-bond acceptors (Lipinski definition) is 1. The molecule has 1 heteroatoms. The van der Waals surface area contributed by atoms with Crippen LogP contribution in [0.25, 0.3) is 5.57 Å². The van der Waals surface area contributed by atoms with Gasteiger partial charge >= 0.3 is 0 Å². The maximum atomic E-state index is 12.1. The zero-order valence-corrected chi connectivity index (χ0v) is 8.71. The summed E-state index contributed by atoms with van der Waals surface area (Å²) in [6, 6.07) is 7.93. The summed E-state index contributed by atoms with van der Waals surface area (Å²) >= 11 is 0. The van der Waals surface area contributed by atoms with Crippen molar-refractivity contribution >= 4 is 11.4 Å². The lowest BCUT2D eigenvalue weighted by molar-refractivity contribution is 0.103. The Morgan fingerprint density at radius 3 is 2.67 bits per heavy atom. The molecule has 0 bridgehead atoms. The minimum absolute atomic E-state index is 0.244. The predicted molar refractivity (Wildman–Crippen MR) is 60.7 cm³/mol. The summed E-state index contributed by atoms with van der Waals surface area (Å²) in [4.78, 5) is 12.1. The molecular formula is C14H12O. The molecule has 2 aliphatic carbocycles. The molecule has 15 heavy (non-hydrogen) atoms. The van der Waals surface area contributed by atoms with Gasteiger partial charge < -0.3 is 0 Å². The van der Waals surface area contributed by atoms with Crippen LogP contribution in [0.2, 0.25) is 0 Å². The lowest BCUT2D eigenvalue weighted by Gasteiger charge is -2.12. The lowest BCUT2D eigenvalue weighted by atomic mass is 9.91. The number of allylic oxidation sites excluding steroid dienone is 4. The van der Waals surface area contributed by atoms with Gasteiger partial charge in [-0.2, -0.15) is 0 Å². The van der Waals surface area contributed by atoms with Crippen LogP contribution >= 0.6 is 0 Å². The maximum absolute atomic E-state index is 12.1. The van der Waals surface area contributed by atoms with Gasteiger partial charge in [0.05, 0.1) is 0 Å². The normalized spacial score (nSPS) is 18.7. The van der Waals surface area contributed by atoms with Crippen LogP contribution in [0.4, 0.5) is 0 Å². The summed E-state index contributed by atoms with van der Waals surface area (Å²) in [5.74, 6) is 0.244. The van der Waals surface area contributed by atoms with Gasteiger partial charge in [-0.05, 0) is 36.5 Å². The highest BCUT2D eigenvalue weighted by molar-refractivity contribution is 6.22. The molecule has 0 saturated carbocycles. The first kappa shape index (κ1) is 8.66. The van der Waals surface area contributed by atoms with E-state index in [4.69, 9.17) is 0 Å². The van der Waals surface area contributed by atoms with Gasteiger partial charge in [-0.1, -0.05) is 30.3 Å². The molecule has 3 rings (SSSR count). The molecule has 0 fully saturated rings. The molecule has 0 heterocycles. The first-order chi connectivity index (χ1) is 7.29. The van der Waals surface area contributed by atoms with Crippen molar-refractivity contribution in [3.8, 4) is 0 Å². The summed E-state index contributed by atoms with van der Waals surface area (Å²) in [6.07, 6.45) is 4.14. The molecule has 0 saturated heterocycles. The number of benzene rings is 1. The van der Waals surface area contributed by atoms with Crippen LogP contribution in [0, 0.1) is 0 Å². The number of Topliss-reactive ketones (excluding diaryl/α,β-unsaturated/α-hetero) is 1. The first-order valence-corrected chi connectivity index (χ1v) is 5.33. The average molecular weight is 196 g/mol. The smallest absolute Gasteiger partial charge is 0.190 e. The highest BCUT2D eigenvalue weighted by Crippen LogP contribution is 2.41. The molecular weight excluding hydrogens is 184 g/mol. The van der Waals surface area contributed by atoms with Crippen molar-refractivity contribution in [2.75, 3.05) is 0 Å². The number of hydrogen-bond donors (Lipinski definition) is 0. The average Bonchev–Trinajstić information content (AvgIpc) is 2.55. The van der Waals surface area contributed by atoms with Gasteiger partial charge in [0.25, 0.3) is 0 Å². The third kappa shape index (κ3) is 1.06. The second-order valence-corrected chi connectivity index (χ2v) is 4.15. The molecule has 0 spiro atoms. The van der Waals surface area contributed by atoms with Crippen LogP contribution in [0.3, 0.4) is 0 Å². The summed E-state index contributed by atoms with van der Waals surface area (Å²) in [6.45, 7) is 2.10. The van der Waals surface area contributed by atoms with E-state index in [1.54, 1.807) is 0 Å². The molecule has 0 atom stereocenters. The van der Waals surface area contributed by atoms with Gasteiger partial charge in [0, 0.05) is 11.1 Å². The number of fused-ring (bicyclic) bond motifs is 2. The molecule has 1 nitrogen and oxygen atoms in total. The monoisotopic (exact) mass is 196 g/mol. The maximum Gasteiger partial charge on any atom is 0.190 e. The fraction of sp³-hybridized carbons (Fsp3) is 0.214. The number of carbonyl (C=O) groups excluding carboxylic acids is 1. The van der Waals surface area contributed by atoms with Gasteiger partial charge in [-0.3, -0.25) is 4.79 Å². The topological polar surface area (TPSA) is 17.1 Å². The van der Waals surface area contributed by atoms with E-state index < -0.39 is 0 Å². The molecule has 1 aromatic rings. The minimum Gasteiger partial charge on any atom is -0.289 e. The van der Waals surface area contributed by atoms with Crippen LogP contribution in [0.1, 0.15) is 35.7 Å². The van der Waals surface area contributed by atoms with Crippen molar-refractivity contribution in [1.82, 2.24) is 0 Å². The molecule has 0 radical (unpaired) electrons. The summed E-state index contributed by atoms with van der Waals surface area (Å²) in [7, 11) is 0. The Morgan fingerprint density at radius 1 is 1.13 bits per heavy atom. The second kappa shape index (κ2) is 2.93. The molecule has 0 aliphatic heterocycles. The Bertz CT molecular complexity index is 518. The van der Waals surface area contributed by atoms with E-state index in [-0.39, 0.29) is 5.78 Å². The van der Waals surface area contributed by atoms with Crippen LogP contribution < -0.4 is 0 Å². The summed E-state index contributed by atoms with van der Waals surface area (Å²) < 4.78 is 0. The van der Waals surface area contributed by atoms with E-state index in [9.17, 15) is 4.79 Å². The van der Waals surface area contributed by atoms with E-state index in [1.165, 1.54) is 11.1 Å². The Balaban J connectivity index is 2.30. The fourth-order valence-electron chi connectivity index (χ4n) is 2.56. The number of rotatable bonds is 0. The Morgan fingerprint density at radius 2 is 1.87 bits per heavy atom. The van der Waals surface area contributed by atoms with Crippen molar-refractivity contribution in [2.24, 2.45) is 0 Å². The van der Waals surface area contributed by atoms with Crippen molar-refractivity contribution in [1.29, 1.82) is 0 Å².